The van der Waals surface area contributed by atoms with E-state index < -0.39 is 17.5 Å². The Labute approximate surface area is 152 Å². The van der Waals surface area contributed by atoms with E-state index in [4.69, 9.17) is 10.5 Å². The number of ether oxygens (including phenoxy) is 1. The highest BCUT2D eigenvalue weighted by Gasteiger charge is 2.16. The minimum atomic E-state index is -0.520. The van der Waals surface area contributed by atoms with Gasteiger partial charge in [-0.3, -0.25) is 4.99 Å². The molecule has 1 aromatic carbocycles. The Morgan fingerprint density at radius 3 is 2.54 bits per heavy atom. The van der Waals surface area contributed by atoms with Crippen molar-refractivity contribution in [3.05, 3.63) is 28.0 Å². The van der Waals surface area contributed by atoms with Crippen LogP contribution < -0.4 is 11.1 Å². The van der Waals surface area contributed by atoms with Gasteiger partial charge in [0.2, 0.25) is 0 Å². The minimum absolute atomic E-state index is 0. The number of benzene rings is 1. The van der Waals surface area contributed by atoms with Crippen LogP contribution in [0.15, 0.2) is 21.6 Å². The maximum absolute atomic E-state index is 13.3. The third kappa shape index (κ3) is 7.29. The number of hydrogen-bond donors (Lipinski definition) is 2. The Morgan fingerprint density at radius 1 is 1.42 bits per heavy atom. The number of carbonyl (C=O) groups excluding carboxylic acids is 1. The number of nitrogens with zero attached hydrogens (tertiary/aromatic N) is 1. The van der Waals surface area contributed by atoms with Gasteiger partial charge < -0.3 is 15.8 Å². The molecule has 5 nitrogen and oxygen atoms in total. The van der Waals surface area contributed by atoms with Crippen molar-refractivity contribution in [3.8, 4) is 0 Å². The third-order valence-electron chi connectivity index (χ3n) is 2.90. The average molecular weight is 404 g/mol. The number of anilines is 1. The van der Waals surface area contributed by atoms with Gasteiger partial charge in [0.25, 0.3) is 0 Å². The normalized spacial score (nSPS) is 11.7. The lowest BCUT2D eigenvalue weighted by Crippen LogP contribution is -2.33. The Bertz CT molecular complexity index is 575. The number of nitrogen functional groups attached to an aromatic ring is 1. The van der Waals surface area contributed by atoms with Crippen LogP contribution in [0.2, 0.25) is 0 Å². The van der Waals surface area contributed by atoms with Crippen LogP contribution in [-0.4, -0.2) is 31.0 Å². The highest BCUT2D eigenvalue weighted by Crippen LogP contribution is 2.26. The molecule has 7 heteroatoms. The first kappa shape index (κ1) is 22.4. The lowest BCUT2D eigenvalue weighted by atomic mass is 10.0. The van der Waals surface area contributed by atoms with Crippen molar-refractivity contribution in [2.45, 2.75) is 46.6 Å². The molecule has 0 aliphatic carbocycles. The molecule has 0 radical (unpaired) electrons. The zero-order valence-corrected chi connectivity index (χ0v) is 15.5. The van der Waals surface area contributed by atoms with Crippen molar-refractivity contribution in [2.24, 2.45) is 4.99 Å². The van der Waals surface area contributed by atoms with Crippen molar-refractivity contribution in [2.75, 3.05) is 19.3 Å². The fraction of sp³-hybridized carbons (Fsp3) is 0.529. The second-order valence-corrected chi connectivity index (χ2v) is 6.91. The van der Waals surface area contributed by atoms with Gasteiger partial charge in [-0.1, -0.05) is 7.43 Å². The maximum atomic E-state index is 13.3. The van der Waals surface area contributed by atoms with Gasteiger partial charge in [0.1, 0.15) is 11.4 Å². The van der Waals surface area contributed by atoms with Gasteiger partial charge in [0.05, 0.1) is 0 Å². The highest BCUT2D eigenvalue weighted by molar-refractivity contribution is 9.10. The monoisotopic (exact) mass is 403 g/mol. The number of nitrogens with one attached hydrogen (secondary N) is 1. The van der Waals surface area contributed by atoms with Gasteiger partial charge in [-0.25, -0.2) is 9.18 Å². The van der Waals surface area contributed by atoms with E-state index in [1.807, 2.05) is 20.8 Å². The Balaban J connectivity index is 0.00000529. The molecule has 3 N–H and O–H groups in total. The van der Waals surface area contributed by atoms with Crippen LogP contribution in [0, 0.1) is 5.82 Å². The molecule has 0 saturated heterocycles. The first-order chi connectivity index (χ1) is 10.6. The van der Waals surface area contributed by atoms with Crippen molar-refractivity contribution in [3.63, 3.8) is 0 Å². The Hall–Kier alpha value is -1.63. The summed E-state index contributed by atoms with van der Waals surface area (Å²) in [4.78, 5) is 15.8. The molecule has 136 valence electrons. The molecule has 0 spiro atoms. The molecular weight excluding hydrogens is 377 g/mol. The smallest absolute Gasteiger partial charge is 0.407 e. The van der Waals surface area contributed by atoms with Crippen molar-refractivity contribution >= 4 is 33.4 Å². The molecule has 0 atom stereocenters. The maximum Gasteiger partial charge on any atom is 0.407 e. The predicted molar refractivity (Wildman–Crippen MR) is 101 cm³/mol. The van der Waals surface area contributed by atoms with Gasteiger partial charge in [-0.05, 0) is 61.7 Å². The molecule has 1 amide bonds. The number of carbonyl (C=O) groups is 1. The van der Waals surface area contributed by atoms with Gasteiger partial charge in [-0.15, -0.1) is 0 Å². The summed E-state index contributed by atoms with van der Waals surface area (Å²) < 4.78 is 19.0. The summed E-state index contributed by atoms with van der Waals surface area (Å²) in [6.45, 7) is 5.88. The topological polar surface area (TPSA) is 76.7 Å². The van der Waals surface area contributed by atoms with Gasteiger partial charge in [0.15, 0.2) is 0 Å². The molecule has 0 fully saturated rings. The lowest BCUT2D eigenvalue weighted by molar-refractivity contribution is 0.0527. The summed E-state index contributed by atoms with van der Waals surface area (Å²) in [5, 5.41) is 2.69. The molecule has 0 bridgehead atoms. The largest absolute Gasteiger partial charge is 0.444 e. The van der Waals surface area contributed by atoms with Gasteiger partial charge in [0, 0.05) is 35.0 Å². The Morgan fingerprint density at radius 2 is 2.04 bits per heavy atom. The van der Waals surface area contributed by atoms with Crippen molar-refractivity contribution < 1.29 is 13.9 Å². The SMILES string of the molecule is C.CN=C(CCCNC(=O)OC(C)(C)C)c1c(N)cc(F)cc1Br. The lowest BCUT2D eigenvalue weighted by Gasteiger charge is -2.19. The van der Waals surface area contributed by atoms with Crippen LogP contribution in [0.4, 0.5) is 14.9 Å². The molecule has 0 unspecified atom stereocenters. The summed E-state index contributed by atoms with van der Waals surface area (Å²) in [5.41, 5.74) is 7.13. The van der Waals surface area contributed by atoms with E-state index in [1.165, 1.54) is 12.1 Å². The van der Waals surface area contributed by atoms with E-state index in [2.05, 4.69) is 26.2 Å². The fourth-order valence-electron chi connectivity index (χ4n) is 2.01. The van der Waals surface area contributed by atoms with Gasteiger partial charge in [-0.2, -0.15) is 0 Å². The first-order valence-electron chi connectivity index (χ1n) is 7.31. The number of nitrogens with two attached hydrogens (primary N) is 1. The van der Waals surface area contributed by atoms with Crippen LogP contribution in [0.1, 0.15) is 46.6 Å². The van der Waals surface area contributed by atoms with Crippen LogP contribution in [-0.2, 0) is 4.74 Å². The molecule has 0 heterocycles. The van der Waals surface area contributed by atoms with Crippen LogP contribution in [0.25, 0.3) is 0 Å². The predicted octanol–water partition coefficient (Wildman–Crippen LogP) is 4.53. The second kappa shape index (κ2) is 9.61. The standard InChI is InChI=1S/C16H23BrFN3O2.CH4/c1-16(2,3)23-15(22)21-7-5-6-13(20-4)14-11(17)8-10(18)9-12(14)19;/h8-9H,5-7,19H2,1-4H3,(H,21,22);1H4. The van der Waals surface area contributed by atoms with E-state index >= 15 is 0 Å². The quantitative estimate of drug-likeness (QED) is 0.430. The van der Waals surface area contributed by atoms with E-state index in [-0.39, 0.29) is 7.43 Å². The molecule has 0 aromatic heterocycles. The van der Waals surface area contributed by atoms with Crippen molar-refractivity contribution in [1.82, 2.24) is 5.32 Å². The molecular formula is C17H27BrFN3O2. The number of halogens is 2. The summed E-state index contributed by atoms with van der Waals surface area (Å²) in [7, 11) is 1.66. The fourth-order valence-corrected chi connectivity index (χ4v) is 2.68. The summed E-state index contributed by atoms with van der Waals surface area (Å²) >= 11 is 3.31. The molecule has 24 heavy (non-hydrogen) atoms. The van der Waals surface area contributed by atoms with Crippen molar-refractivity contribution in [1.29, 1.82) is 0 Å². The first-order valence-corrected chi connectivity index (χ1v) is 8.10. The number of aliphatic imine (C=N–C) groups is 1. The van der Waals surface area contributed by atoms with E-state index in [0.29, 0.717) is 35.1 Å². The summed E-state index contributed by atoms with van der Waals surface area (Å²) in [5.74, 6) is -0.403. The second-order valence-electron chi connectivity index (χ2n) is 6.05. The van der Waals surface area contributed by atoms with E-state index in [1.54, 1.807) is 7.05 Å². The molecule has 0 aliphatic heterocycles. The van der Waals surface area contributed by atoms with Crippen LogP contribution >= 0.6 is 15.9 Å². The van der Waals surface area contributed by atoms with E-state index in [0.717, 1.165) is 5.71 Å². The summed E-state index contributed by atoms with van der Waals surface area (Å²) in [6, 6.07) is 2.63. The number of amides is 1. The number of alkyl carbamates (subject to hydrolysis) is 1. The zero-order valence-electron chi connectivity index (χ0n) is 13.9. The third-order valence-corrected chi connectivity index (χ3v) is 3.53. The molecule has 1 rings (SSSR count). The van der Waals surface area contributed by atoms with Crippen LogP contribution in [0.3, 0.4) is 0 Å². The van der Waals surface area contributed by atoms with Crippen LogP contribution in [0.5, 0.6) is 0 Å². The minimum Gasteiger partial charge on any atom is -0.444 e. The number of rotatable bonds is 5. The molecule has 1 aromatic rings. The number of hydrogen-bond acceptors (Lipinski definition) is 4. The summed E-state index contributed by atoms with van der Waals surface area (Å²) in [6.07, 6.45) is 0.811. The molecule has 0 saturated carbocycles. The Kier molecular flexibility index (Phi) is 8.96. The highest BCUT2D eigenvalue weighted by atomic mass is 79.9. The van der Waals surface area contributed by atoms with Gasteiger partial charge >= 0.3 is 6.09 Å². The molecule has 0 aliphatic rings. The van der Waals surface area contributed by atoms with E-state index in [9.17, 15) is 9.18 Å². The average Bonchev–Trinajstić information content (AvgIpc) is 2.38. The zero-order chi connectivity index (χ0) is 17.6.